The molecule has 1 fully saturated rings. The zero-order valence-electron chi connectivity index (χ0n) is 11.6. The van der Waals surface area contributed by atoms with Crippen LogP contribution in [0.4, 0.5) is 0 Å². The maximum absolute atomic E-state index is 12.1. The number of rotatable bonds is 8. The first-order chi connectivity index (χ1) is 9.45. The van der Waals surface area contributed by atoms with Crippen LogP contribution in [0.1, 0.15) is 26.2 Å². The maximum Gasteiger partial charge on any atom is 0.240 e. The van der Waals surface area contributed by atoms with Crippen molar-refractivity contribution in [3.05, 3.63) is 24.3 Å². The van der Waals surface area contributed by atoms with E-state index < -0.39 is 10.0 Å². The van der Waals surface area contributed by atoms with Gasteiger partial charge in [-0.05, 0) is 42.5 Å². The van der Waals surface area contributed by atoms with Gasteiger partial charge in [-0.15, -0.1) is 0 Å². The molecule has 20 heavy (non-hydrogen) atoms. The number of aliphatic hydroxyl groups is 1. The highest BCUT2D eigenvalue weighted by Crippen LogP contribution is 2.44. The highest BCUT2D eigenvalue weighted by molar-refractivity contribution is 7.89. The first-order valence-electron chi connectivity index (χ1n) is 6.79. The van der Waals surface area contributed by atoms with Crippen molar-refractivity contribution in [3.8, 4) is 5.75 Å². The summed E-state index contributed by atoms with van der Waals surface area (Å²) in [4.78, 5) is 0.247. The molecule has 0 bridgehead atoms. The first-order valence-corrected chi connectivity index (χ1v) is 8.27. The number of nitrogens with one attached hydrogen (secondary N) is 1. The van der Waals surface area contributed by atoms with Crippen LogP contribution in [-0.2, 0) is 10.0 Å². The summed E-state index contributed by atoms with van der Waals surface area (Å²) in [7, 11) is -3.44. The summed E-state index contributed by atoms with van der Waals surface area (Å²) in [6.45, 7) is 3.06. The zero-order chi connectivity index (χ0) is 14.6. The molecular weight excluding hydrogens is 278 g/mol. The van der Waals surface area contributed by atoms with Crippen LogP contribution in [0.25, 0.3) is 0 Å². The lowest BCUT2D eigenvalue weighted by Gasteiger charge is -2.11. The molecule has 112 valence electrons. The van der Waals surface area contributed by atoms with Crippen LogP contribution in [0.2, 0.25) is 0 Å². The van der Waals surface area contributed by atoms with Gasteiger partial charge in [-0.1, -0.05) is 6.92 Å². The number of benzene rings is 1. The lowest BCUT2D eigenvalue weighted by molar-refractivity contribution is 0.233. The molecule has 0 heterocycles. The van der Waals surface area contributed by atoms with E-state index in [-0.39, 0.29) is 16.9 Å². The van der Waals surface area contributed by atoms with E-state index in [4.69, 9.17) is 9.84 Å². The SMILES string of the molecule is CC1(CNS(=O)(=O)c2ccc(OCCCO)cc2)CC1. The minimum absolute atomic E-state index is 0.0785. The quantitative estimate of drug-likeness (QED) is 0.714. The predicted molar refractivity (Wildman–Crippen MR) is 76.2 cm³/mol. The van der Waals surface area contributed by atoms with Gasteiger partial charge >= 0.3 is 0 Å². The van der Waals surface area contributed by atoms with Crippen LogP contribution in [-0.4, -0.2) is 33.3 Å². The minimum atomic E-state index is -3.44. The normalized spacial score (nSPS) is 16.9. The molecule has 2 N–H and O–H groups in total. The van der Waals surface area contributed by atoms with E-state index in [9.17, 15) is 8.42 Å². The van der Waals surface area contributed by atoms with E-state index in [1.165, 1.54) is 12.1 Å². The van der Waals surface area contributed by atoms with Gasteiger partial charge in [0.1, 0.15) is 5.75 Å². The number of ether oxygens (including phenoxy) is 1. The van der Waals surface area contributed by atoms with Crippen molar-refractivity contribution >= 4 is 10.0 Å². The fourth-order valence-electron chi connectivity index (χ4n) is 1.71. The predicted octanol–water partition coefficient (Wildman–Crippen LogP) is 1.53. The molecule has 1 aromatic carbocycles. The summed E-state index contributed by atoms with van der Waals surface area (Å²) in [5.74, 6) is 0.603. The van der Waals surface area contributed by atoms with Gasteiger partial charge in [0.05, 0.1) is 11.5 Å². The number of hydrogen-bond donors (Lipinski definition) is 2. The van der Waals surface area contributed by atoms with Gasteiger partial charge in [-0.25, -0.2) is 13.1 Å². The fourth-order valence-corrected chi connectivity index (χ4v) is 2.91. The van der Waals surface area contributed by atoms with Gasteiger partial charge < -0.3 is 9.84 Å². The van der Waals surface area contributed by atoms with Crippen LogP contribution in [0.15, 0.2) is 29.2 Å². The molecule has 1 aromatic rings. The monoisotopic (exact) mass is 299 g/mol. The van der Waals surface area contributed by atoms with Crippen molar-refractivity contribution in [2.45, 2.75) is 31.1 Å². The van der Waals surface area contributed by atoms with Gasteiger partial charge in [0.25, 0.3) is 0 Å². The Morgan fingerprint density at radius 3 is 2.50 bits per heavy atom. The fraction of sp³-hybridized carbons (Fsp3) is 0.571. The molecule has 0 aliphatic heterocycles. The van der Waals surface area contributed by atoms with E-state index in [0.29, 0.717) is 25.3 Å². The number of sulfonamides is 1. The third kappa shape index (κ3) is 4.19. The number of aliphatic hydroxyl groups excluding tert-OH is 1. The maximum atomic E-state index is 12.1. The van der Waals surface area contributed by atoms with Crippen molar-refractivity contribution in [1.29, 1.82) is 0 Å². The van der Waals surface area contributed by atoms with Crippen LogP contribution in [0.3, 0.4) is 0 Å². The summed E-state index contributed by atoms with van der Waals surface area (Å²) >= 11 is 0. The summed E-state index contributed by atoms with van der Waals surface area (Å²) in [5, 5.41) is 8.66. The molecule has 0 spiro atoms. The molecule has 0 unspecified atom stereocenters. The lowest BCUT2D eigenvalue weighted by atomic mass is 10.2. The van der Waals surface area contributed by atoms with Crippen molar-refractivity contribution in [1.82, 2.24) is 4.72 Å². The summed E-state index contributed by atoms with van der Waals surface area (Å²) in [6, 6.07) is 6.33. The second-order valence-corrected chi connectivity index (χ2v) is 7.30. The molecule has 5 nitrogen and oxygen atoms in total. The molecule has 2 rings (SSSR count). The Kier molecular flexibility index (Phi) is 4.67. The average Bonchev–Trinajstić information content (AvgIpc) is 3.16. The van der Waals surface area contributed by atoms with Crippen LogP contribution >= 0.6 is 0 Å². The molecular formula is C14H21NO4S. The van der Waals surface area contributed by atoms with E-state index in [1.807, 2.05) is 0 Å². The smallest absolute Gasteiger partial charge is 0.240 e. The molecule has 1 aliphatic rings. The molecule has 1 saturated carbocycles. The minimum Gasteiger partial charge on any atom is -0.494 e. The molecule has 0 aromatic heterocycles. The second kappa shape index (κ2) is 6.11. The van der Waals surface area contributed by atoms with Crippen molar-refractivity contribution in [2.75, 3.05) is 19.8 Å². The second-order valence-electron chi connectivity index (χ2n) is 5.53. The Morgan fingerprint density at radius 1 is 1.30 bits per heavy atom. The van der Waals surface area contributed by atoms with E-state index >= 15 is 0 Å². The summed E-state index contributed by atoms with van der Waals surface area (Å²) in [5.41, 5.74) is 0.139. The Morgan fingerprint density at radius 2 is 1.95 bits per heavy atom. The largest absolute Gasteiger partial charge is 0.494 e. The van der Waals surface area contributed by atoms with Crippen molar-refractivity contribution < 1.29 is 18.3 Å². The lowest BCUT2D eigenvalue weighted by Crippen LogP contribution is -2.29. The van der Waals surface area contributed by atoms with Gasteiger partial charge in [-0.2, -0.15) is 0 Å². The van der Waals surface area contributed by atoms with Crippen molar-refractivity contribution in [2.24, 2.45) is 5.41 Å². The van der Waals surface area contributed by atoms with Gasteiger partial charge in [-0.3, -0.25) is 0 Å². The Balaban J connectivity index is 1.93. The van der Waals surface area contributed by atoms with Crippen LogP contribution < -0.4 is 9.46 Å². The van der Waals surface area contributed by atoms with E-state index in [0.717, 1.165) is 12.8 Å². The van der Waals surface area contributed by atoms with Crippen molar-refractivity contribution in [3.63, 3.8) is 0 Å². The summed E-state index contributed by atoms with van der Waals surface area (Å²) < 4.78 is 32.2. The molecule has 0 saturated heterocycles. The van der Waals surface area contributed by atoms with Crippen LogP contribution in [0.5, 0.6) is 5.75 Å². The topological polar surface area (TPSA) is 75.6 Å². The molecule has 6 heteroatoms. The van der Waals surface area contributed by atoms with E-state index in [2.05, 4.69) is 11.6 Å². The van der Waals surface area contributed by atoms with Gasteiger partial charge in [0.15, 0.2) is 0 Å². The highest BCUT2D eigenvalue weighted by atomic mass is 32.2. The molecule has 1 aliphatic carbocycles. The first kappa shape index (κ1) is 15.3. The highest BCUT2D eigenvalue weighted by Gasteiger charge is 2.38. The van der Waals surface area contributed by atoms with Gasteiger partial charge in [0.2, 0.25) is 10.0 Å². The summed E-state index contributed by atoms with van der Waals surface area (Å²) in [6.07, 6.45) is 2.71. The molecule has 0 radical (unpaired) electrons. The van der Waals surface area contributed by atoms with E-state index in [1.54, 1.807) is 12.1 Å². The molecule has 0 amide bonds. The third-order valence-electron chi connectivity index (χ3n) is 3.50. The third-order valence-corrected chi connectivity index (χ3v) is 4.91. The van der Waals surface area contributed by atoms with Gasteiger partial charge in [0, 0.05) is 19.6 Å². The Bertz CT molecular complexity index is 535. The standard InChI is InChI=1S/C14H21NO4S/c1-14(7-8-14)11-15-20(17,18)13-5-3-12(4-6-13)19-10-2-9-16/h3-6,15-16H,2,7-11H2,1H3. The Hall–Kier alpha value is -1.11. The number of hydrogen-bond acceptors (Lipinski definition) is 4. The average molecular weight is 299 g/mol. The zero-order valence-corrected chi connectivity index (χ0v) is 12.4. The van der Waals surface area contributed by atoms with Crippen LogP contribution in [0, 0.1) is 5.41 Å². The molecule has 0 atom stereocenters. The Labute approximate surface area is 120 Å².